The Morgan fingerprint density at radius 3 is 3.00 bits per heavy atom. The molecule has 0 spiro atoms. The molecule has 0 atom stereocenters. The van der Waals surface area contributed by atoms with Crippen LogP contribution in [0.5, 0.6) is 0 Å². The van der Waals surface area contributed by atoms with Gasteiger partial charge in [0.15, 0.2) is 5.78 Å². The van der Waals surface area contributed by atoms with E-state index >= 15 is 0 Å². The summed E-state index contributed by atoms with van der Waals surface area (Å²) in [6, 6.07) is 1.70. The van der Waals surface area contributed by atoms with Gasteiger partial charge in [-0.1, -0.05) is 0 Å². The lowest BCUT2D eigenvalue weighted by Gasteiger charge is -1.87. The molecule has 0 bridgehead atoms. The summed E-state index contributed by atoms with van der Waals surface area (Å²) in [7, 11) is 0. The minimum Gasteiger partial charge on any atom is -0.367 e. The number of nitrogens with one attached hydrogen (secondary N) is 1. The number of nitrogens with two attached hydrogens (primary N) is 1. The molecule has 0 aliphatic rings. The van der Waals surface area contributed by atoms with Gasteiger partial charge in [-0.15, -0.1) is 0 Å². The highest BCUT2D eigenvalue weighted by atomic mass is 16.1. The van der Waals surface area contributed by atoms with Crippen molar-refractivity contribution in [3.05, 3.63) is 24.0 Å². The lowest BCUT2D eigenvalue weighted by molar-refractivity contribution is 0.100. The van der Waals surface area contributed by atoms with E-state index in [1.807, 2.05) is 0 Å². The molecule has 0 saturated carbocycles. The third kappa shape index (κ3) is 1.17. The zero-order valence-electron chi connectivity index (χ0n) is 4.92. The Labute approximate surface area is 52.9 Å². The van der Waals surface area contributed by atoms with Gasteiger partial charge in [0.05, 0.1) is 6.54 Å². The van der Waals surface area contributed by atoms with E-state index in [1.165, 1.54) is 0 Å². The molecule has 1 rings (SSSR count). The Morgan fingerprint density at radius 2 is 2.56 bits per heavy atom. The van der Waals surface area contributed by atoms with Crippen LogP contribution in [-0.2, 0) is 0 Å². The smallest absolute Gasteiger partial charge is 0.177 e. The predicted molar refractivity (Wildman–Crippen MR) is 34.2 cm³/mol. The monoisotopic (exact) mass is 124 g/mol. The lowest BCUT2D eigenvalue weighted by atomic mass is 10.2. The van der Waals surface area contributed by atoms with Gasteiger partial charge in [0.1, 0.15) is 0 Å². The minimum absolute atomic E-state index is 0.0312. The Hall–Kier alpha value is -1.09. The highest BCUT2D eigenvalue weighted by Crippen LogP contribution is 1.95. The first-order chi connectivity index (χ1) is 4.34. The minimum atomic E-state index is -0.0312. The second-order valence-corrected chi connectivity index (χ2v) is 1.73. The number of aromatic amines is 1. The number of hydrogen-bond donors (Lipinski definition) is 2. The number of hydrogen-bond acceptors (Lipinski definition) is 2. The highest BCUT2D eigenvalue weighted by molar-refractivity contribution is 5.97. The van der Waals surface area contributed by atoms with Crippen molar-refractivity contribution in [3.8, 4) is 0 Å². The summed E-state index contributed by atoms with van der Waals surface area (Å²) in [5.41, 5.74) is 5.75. The van der Waals surface area contributed by atoms with Gasteiger partial charge in [-0.25, -0.2) is 0 Å². The molecule has 0 amide bonds. The number of carbonyl (C=O) groups excluding carboxylic acids is 1. The first kappa shape index (κ1) is 6.04. The molecular weight excluding hydrogens is 116 g/mol. The van der Waals surface area contributed by atoms with Gasteiger partial charge in [0.2, 0.25) is 0 Å². The van der Waals surface area contributed by atoms with Gasteiger partial charge < -0.3 is 10.7 Å². The van der Waals surface area contributed by atoms with Gasteiger partial charge in [-0.3, -0.25) is 4.79 Å². The second-order valence-electron chi connectivity index (χ2n) is 1.73. The maximum Gasteiger partial charge on any atom is 0.177 e. The highest BCUT2D eigenvalue weighted by Gasteiger charge is 2.00. The van der Waals surface area contributed by atoms with Gasteiger partial charge in [-0.2, -0.15) is 0 Å². The van der Waals surface area contributed by atoms with Crippen LogP contribution in [0.2, 0.25) is 0 Å². The topological polar surface area (TPSA) is 58.9 Å². The molecule has 48 valence electrons. The number of rotatable bonds is 2. The van der Waals surface area contributed by atoms with Crippen LogP contribution in [0.25, 0.3) is 0 Å². The molecule has 9 heavy (non-hydrogen) atoms. The molecule has 1 heterocycles. The van der Waals surface area contributed by atoms with Gasteiger partial charge in [-0.05, 0) is 6.07 Å². The maximum absolute atomic E-state index is 10.7. The number of aromatic nitrogens is 1. The Balaban J connectivity index is 2.77. The summed E-state index contributed by atoms with van der Waals surface area (Å²) in [6.45, 7) is 0.0812. The summed E-state index contributed by atoms with van der Waals surface area (Å²) in [5.74, 6) is -0.0312. The molecule has 0 aliphatic heterocycles. The standard InChI is InChI=1S/C6H8N2O/c7-3-6(9)5-1-2-8-4-5/h1-2,4,8H,3,7H2. The molecule has 0 unspecified atom stereocenters. The first-order valence-corrected chi connectivity index (χ1v) is 2.70. The van der Waals surface area contributed by atoms with Gasteiger partial charge >= 0.3 is 0 Å². The lowest BCUT2D eigenvalue weighted by Crippen LogP contribution is -2.12. The van der Waals surface area contributed by atoms with Crippen LogP contribution in [0, 0.1) is 0 Å². The number of ketones is 1. The van der Waals surface area contributed by atoms with E-state index in [0.717, 1.165) is 0 Å². The van der Waals surface area contributed by atoms with E-state index in [9.17, 15) is 4.79 Å². The zero-order valence-corrected chi connectivity index (χ0v) is 4.92. The molecule has 0 saturated heterocycles. The Kier molecular flexibility index (Phi) is 1.65. The van der Waals surface area contributed by atoms with Crippen molar-refractivity contribution >= 4 is 5.78 Å². The van der Waals surface area contributed by atoms with E-state index in [4.69, 9.17) is 5.73 Å². The Morgan fingerprint density at radius 1 is 1.78 bits per heavy atom. The number of carbonyl (C=O) groups is 1. The third-order valence-electron chi connectivity index (χ3n) is 1.11. The normalized spacial score (nSPS) is 9.44. The summed E-state index contributed by atoms with van der Waals surface area (Å²) in [5, 5.41) is 0. The summed E-state index contributed by atoms with van der Waals surface area (Å²) < 4.78 is 0. The quantitative estimate of drug-likeness (QED) is 0.551. The molecule has 0 aromatic carbocycles. The fourth-order valence-corrected chi connectivity index (χ4v) is 0.615. The fraction of sp³-hybridized carbons (Fsp3) is 0.167. The van der Waals surface area contributed by atoms with Crippen molar-refractivity contribution in [2.24, 2.45) is 5.73 Å². The van der Waals surface area contributed by atoms with Crippen LogP contribution < -0.4 is 5.73 Å². The zero-order chi connectivity index (χ0) is 6.69. The average Bonchev–Trinajstić information content (AvgIpc) is 2.37. The Bertz CT molecular complexity index is 191. The van der Waals surface area contributed by atoms with E-state index in [0.29, 0.717) is 5.56 Å². The first-order valence-electron chi connectivity index (χ1n) is 2.70. The maximum atomic E-state index is 10.7. The van der Waals surface area contributed by atoms with Crippen LogP contribution in [0.15, 0.2) is 18.5 Å². The van der Waals surface area contributed by atoms with Crippen molar-refractivity contribution < 1.29 is 4.79 Å². The van der Waals surface area contributed by atoms with E-state index < -0.39 is 0 Å². The van der Waals surface area contributed by atoms with Gasteiger partial charge in [0.25, 0.3) is 0 Å². The average molecular weight is 124 g/mol. The van der Waals surface area contributed by atoms with Crippen LogP contribution in [0.4, 0.5) is 0 Å². The van der Waals surface area contributed by atoms with Crippen molar-refractivity contribution in [1.29, 1.82) is 0 Å². The van der Waals surface area contributed by atoms with Gasteiger partial charge in [0, 0.05) is 18.0 Å². The summed E-state index contributed by atoms with van der Waals surface area (Å²) in [6.07, 6.45) is 3.33. The number of Topliss-reactive ketones (excluding diaryl/α,β-unsaturated/α-hetero) is 1. The van der Waals surface area contributed by atoms with Crippen molar-refractivity contribution in [1.82, 2.24) is 4.98 Å². The molecule has 3 N–H and O–H groups in total. The van der Waals surface area contributed by atoms with Crippen LogP contribution in [-0.4, -0.2) is 17.3 Å². The van der Waals surface area contributed by atoms with Crippen LogP contribution in [0.3, 0.4) is 0 Å². The van der Waals surface area contributed by atoms with E-state index in [2.05, 4.69) is 4.98 Å². The van der Waals surface area contributed by atoms with E-state index in [-0.39, 0.29) is 12.3 Å². The summed E-state index contributed by atoms with van der Waals surface area (Å²) >= 11 is 0. The van der Waals surface area contributed by atoms with Crippen LogP contribution >= 0.6 is 0 Å². The van der Waals surface area contributed by atoms with E-state index in [1.54, 1.807) is 18.5 Å². The molecule has 0 aliphatic carbocycles. The molecule has 3 heteroatoms. The molecule has 0 fully saturated rings. The van der Waals surface area contributed by atoms with Crippen molar-refractivity contribution in [2.45, 2.75) is 0 Å². The molecule has 0 radical (unpaired) electrons. The molecule has 1 aromatic rings. The SMILES string of the molecule is NCC(=O)c1cc[nH]c1. The summed E-state index contributed by atoms with van der Waals surface area (Å²) in [4.78, 5) is 13.5. The fourth-order valence-electron chi connectivity index (χ4n) is 0.615. The predicted octanol–water partition coefficient (Wildman–Crippen LogP) is 0.156. The third-order valence-corrected chi connectivity index (χ3v) is 1.11. The second kappa shape index (κ2) is 2.46. The van der Waals surface area contributed by atoms with Crippen LogP contribution in [0.1, 0.15) is 10.4 Å². The number of H-pyrrole nitrogens is 1. The van der Waals surface area contributed by atoms with Crippen molar-refractivity contribution in [3.63, 3.8) is 0 Å². The van der Waals surface area contributed by atoms with Crippen molar-refractivity contribution in [2.75, 3.05) is 6.54 Å². The molecule has 3 nitrogen and oxygen atoms in total. The largest absolute Gasteiger partial charge is 0.367 e. The molecule has 1 aromatic heterocycles. The molecular formula is C6H8N2O.